The van der Waals surface area contributed by atoms with E-state index in [-0.39, 0.29) is 35.3 Å². The summed E-state index contributed by atoms with van der Waals surface area (Å²) in [7, 11) is 0. The van der Waals surface area contributed by atoms with E-state index in [2.05, 4.69) is 50.1 Å². The second-order valence-corrected chi connectivity index (χ2v) is 14.3. The molecule has 47 heavy (non-hydrogen) atoms. The number of nitrogens with zero attached hydrogens (tertiary/aromatic N) is 6. The lowest BCUT2D eigenvalue weighted by atomic mass is 9.73. The normalized spacial score (nSPS) is 24.9. The van der Waals surface area contributed by atoms with Gasteiger partial charge in [-0.05, 0) is 49.4 Å². The number of nitrogen functional groups attached to an aromatic ring is 1. The summed E-state index contributed by atoms with van der Waals surface area (Å²) in [6.07, 6.45) is 6.69. The number of nitrogens with one attached hydrogen (secondary N) is 1. The van der Waals surface area contributed by atoms with Crippen LogP contribution in [0, 0.1) is 5.41 Å². The predicted molar refractivity (Wildman–Crippen MR) is 181 cm³/mol. The van der Waals surface area contributed by atoms with Crippen LogP contribution in [0.5, 0.6) is 0 Å². The maximum atomic E-state index is 12.2. The van der Waals surface area contributed by atoms with Crippen LogP contribution in [0.1, 0.15) is 49.7 Å². The average Bonchev–Trinajstić information content (AvgIpc) is 3.35. The monoisotopic (exact) mass is 657 g/mol. The van der Waals surface area contributed by atoms with Crippen molar-refractivity contribution in [3.63, 3.8) is 0 Å². The van der Waals surface area contributed by atoms with Crippen molar-refractivity contribution in [1.29, 1.82) is 0 Å². The van der Waals surface area contributed by atoms with E-state index in [1.807, 2.05) is 30.6 Å². The summed E-state index contributed by atoms with van der Waals surface area (Å²) < 4.78 is 5.87. The van der Waals surface area contributed by atoms with Gasteiger partial charge in [0.1, 0.15) is 16.7 Å². The Morgan fingerprint density at radius 2 is 1.74 bits per heavy atom. The van der Waals surface area contributed by atoms with Crippen molar-refractivity contribution >= 4 is 41.0 Å². The summed E-state index contributed by atoms with van der Waals surface area (Å²) in [5, 5.41) is 3.14. The van der Waals surface area contributed by atoms with Crippen molar-refractivity contribution in [3.05, 3.63) is 59.9 Å². The number of benzene rings is 1. The quantitative estimate of drug-likeness (QED) is 0.320. The van der Waals surface area contributed by atoms with E-state index >= 15 is 0 Å². The predicted octanol–water partition coefficient (Wildman–Crippen LogP) is 2.78. The SMILES string of the molecule is C[C@@H]1OCC2(CCN(c3cnc(Sc4ccnc(N5CCN(Cc6ccc(C7CCC(=O)NC7=O)cc6)CC5)c4)c(N)n3)CC2)[C@@H]1N. The van der Waals surface area contributed by atoms with Crippen LogP contribution < -0.4 is 26.6 Å². The zero-order chi connectivity index (χ0) is 32.5. The third kappa shape index (κ3) is 6.80. The number of hydrogen-bond donors (Lipinski definition) is 3. The fourth-order valence-electron chi connectivity index (χ4n) is 7.28. The molecule has 3 atom stereocenters. The molecule has 248 valence electrons. The summed E-state index contributed by atoms with van der Waals surface area (Å²) in [5.74, 6) is 1.55. The standard InChI is InChI=1S/C34H43N9O3S/c1-22-30(35)34(21-46-22)9-12-42(13-10-34)28-19-38-33(31(36)39-28)47-25-8-11-37-27(18-25)43-16-14-41(15-17-43)20-23-2-4-24(5-3-23)26-6-7-29(44)40-32(26)45/h2-5,8,11,18-19,22,26,30H,6-7,9-10,12-17,20-21,35H2,1H3,(H2,36,39)(H,40,44,45)/t22-,26?,30+/m0/s1. The van der Waals surface area contributed by atoms with Gasteiger partial charge < -0.3 is 26.0 Å². The van der Waals surface area contributed by atoms with Gasteiger partial charge in [-0.15, -0.1) is 0 Å². The molecule has 0 bridgehead atoms. The molecule has 7 rings (SSSR count). The number of carbonyl (C=O) groups is 2. The van der Waals surface area contributed by atoms with Gasteiger partial charge in [0, 0.05) is 74.8 Å². The molecule has 4 saturated heterocycles. The molecule has 1 spiro atoms. The fraction of sp³-hybridized carbons (Fsp3) is 0.500. The number of piperidine rings is 2. The van der Waals surface area contributed by atoms with Crippen LogP contribution in [-0.4, -0.2) is 89.7 Å². The van der Waals surface area contributed by atoms with Gasteiger partial charge in [0.05, 0.1) is 24.8 Å². The topological polar surface area (TPSA) is 156 Å². The number of aromatic nitrogens is 3. The minimum absolute atomic E-state index is 0.0592. The van der Waals surface area contributed by atoms with Crippen molar-refractivity contribution in [1.82, 2.24) is 25.2 Å². The third-order valence-electron chi connectivity index (χ3n) is 10.3. The van der Waals surface area contributed by atoms with Gasteiger partial charge in [-0.3, -0.25) is 19.8 Å². The molecule has 13 heteroatoms. The number of pyridine rings is 1. The molecule has 0 aliphatic carbocycles. The molecule has 2 aromatic heterocycles. The Balaban J connectivity index is 0.909. The molecule has 1 aromatic carbocycles. The number of anilines is 3. The maximum absolute atomic E-state index is 12.2. The van der Waals surface area contributed by atoms with Crippen molar-refractivity contribution < 1.29 is 14.3 Å². The Kier molecular flexibility index (Phi) is 9.05. The van der Waals surface area contributed by atoms with Gasteiger partial charge in [0.25, 0.3) is 0 Å². The number of rotatable bonds is 7. The summed E-state index contributed by atoms with van der Waals surface area (Å²) >= 11 is 1.51. The van der Waals surface area contributed by atoms with Crippen LogP contribution in [0.2, 0.25) is 0 Å². The van der Waals surface area contributed by atoms with Crippen LogP contribution in [0.15, 0.2) is 58.7 Å². The summed E-state index contributed by atoms with van der Waals surface area (Å²) in [5.41, 5.74) is 15.2. The lowest BCUT2D eigenvalue weighted by Gasteiger charge is -2.41. The largest absolute Gasteiger partial charge is 0.381 e. The molecular formula is C34H43N9O3S. The molecule has 0 radical (unpaired) electrons. The van der Waals surface area contributed by atoms with Gasteiger partial charge in [-0.25, -0.2) is 15.0 Å². The molecule has 4 aliphatic rings. The van der Waals surface area contributed by atoms with Gasteiger partial charge in [-0.2, -0.15) is 0 Å². The molecule has 12 nitrogen and oxygen atoms in total. The van der Waals surface area contributed by atoms with E-state index in [1.54, 1.807) is 0 Å². The van der Waals surface area contributed by atoms with Gasteiger partial charge >= 0.3 is 0 Å². The number of hydrogen-bond acceptors (Lipinski definition) is 12. The first-order chi connectivity index (χ1) is 22.8. The number of imide groups is 1. The number of piperazine rings is 1. The van der Waals surface area contributed by atoms with Crippen LogP contribution in [0.25, 0.3) is 0 Å². The summed E-state index contributed by atoms with van der Waals surface area (Å²) in [6.45, 7) is 8.97. The number of ether oxygens (including phenoxy) is 1. The lowest BCUT2D eigenvalue weighted by Crippen LogP contribution is -2.50. The summed E-state index contributed by atoms with van der Waals surface area (Å²) in [4.78, 5) is 45.8. The molecule has 6 heterocycles. The molecule has 5 N–H and O–H groups in total. The van der Waals surface area contributed by atoms with Gasteiger partial charge in [0.15, 0.2) is 5.82 Å². The zero-order valence-electron chi connectivity index (χ0n) is 26.8. The molecule has 2 amide bonds. The van der Waals surface area contributed by atoms with E-state index in [0.717, 1.165) is 87.4 Å². The van der Waals surface area contributed by atoms with Crippen LogP contribution in [0.4, 0.5) is 17.5 Å². The van der Waals surface area contributed by atoms with Crippen LogP contribution >= 0.6 is 11.8 Å². The first kappa shape index (κ1) is 31.8. The van der Waals surface area contributed by atoms with E-state index < -0.39 is 0 Å². The zero-order valence-corrected chi connectivity index (χ0v) is 27.6. The van der Waals surface area contributed by atoms with Gasteiger partial charge in [-0.1, -0.05) is 36.0 Å². The lowest BCUT2D eigenvalue weighted by molar-refractivity contribution is -0.134. The maximum Gasteiger partial charge on any atom is 0.234 e. The van der Waals surface area contributed by atoms with Gasteiger partial charge in [0.2, 0.25) is 11.8 Å². The third-order valence-corrected chi connectivity index (χ3v) is 11.3. The Morgan fingerprint density at radius 3 is 2.43 bits per heavy atom. The van der Waals surface area contributed by atoms with E-state index in [1.165, 1.54) is 17.3 Å². The Hall–Kier alpha value is -3.78. The molecular weight excluding hydrogens is 615 g/mol. The minimum atomic E-state index is -0.251. The van der Waals surface area contributed by atoms with Crippen molar-refractivity contribution in [2.24, 2.45) is 11.1 Å². The highest BCUT2D eigenvalue weighted by Gasteiger charge is 2.47. The van der Waals surface area contributed by atoms with E-state index in [0.29, 0.717) is 23.7 Å². The molecule has 1 unspecified atom stereocenters. The van der Waals surface area contributed by atoms with Crippen LogP contribution in [0.3, 0.4) is 0 Å². The fourth-order valence-corrected chi connectivity index (χ4v) is 8.05. The number of carbonyl (C=O) groups excluding carboxylic acids is 2. The second kappa shape index (κ2) is 13.4. The minimum Gasteiger partial charge on any atom is -0.381 e. The van der Waals surface area contributed by atoms with E-state index in [4.69, 9.17) is 26.2 Å². The van der Waals surface area contributed by atoms with Crippen molar-refractivity contribution in [2.75, 3.05) is 61.4 Å². The smallest absolute Gasteiger partial charge is 0.234 e. The highest BCUT2D eigenvalue weighted by molar-refractivity contribution is 7.99. The first-order valence-electron chi connectivity index (χ1n) is 16.5. The van der Waals surface area contributed by atoms with E-state index in [9.17, 15) is 9.59 Å². The highest BCUT2D eigenvalue weighted by Crippen LogP contribution is 2.42. The van der Waals surface area contributed by atoms with Crippen molar-refractivity contribution in [2.45, 2.75) is 67.1 Å². The Morgan fingerprint density at radius 1 is 1.00 bits per heavy atom. The Bertz CT molecular complexity index is 1610. The molecule has 4 fully saturated rings. The molecule has 4 aliphatic heterocycles. The molecule has 0 saturated carbocycles. The second-order valence-electron chi connectivity index (χ2n) is 13.3. The molecule has 3 aromatic rings. The Labute approximate surface area is 279 Å². The van der Waals surface area contributed by atoms with Crippen LogP contribution in [-0.2, 0) is 20.9 Å². The van der Waals surface area contributed by atoms with Crippen molar-refractivity contribution in [3.8, 4) is 0 Å². The highest BCUT2D eigenvalue weighted by atomic mass is 32.2. The number of nitrogens with two attached hydrogens (primary N) is 2. The average molecular weight is 658 g/mol. The number of amides is 2. The first-order valence-corrected chi connectivity index (χ1v) is 17.4. The summed E-state index contributed by atoms with van der Waals surface area (Å²) in [6, 6.07) is 12.4.